The van der Waals surface area contributed by atoms with E-state index in [1.165, 1.54) is 0 Å². The summed E-state index contributed by atoms with van der Waals surface area (Å²) in [5.41, 5.74) is 3.29. The van der Waals surface area contributed by atoms with Gasteiger partial charge in [0, 0.05) is 57.2 Å². The van der Waals surface area contributed by atoms with E-state index in [4.69, 9.17) is 24.0 Å². The fraction of sp³-hybridized carbons (Fsp3) is 0.385. The summed E-state index contributed by atoms with van der Waals surface area (Å²) >= 11 is 0. The molecule has 1 saturated heterocycles. The first-order valence-corrected chi connectivity index (χ1v) is 12.4. The van der Waals surface area contributed by atoms with Crippen molar-refractivity contribution in [2.24, 2.45) is 7.05 Å². The van der Waals surface area contributed by atoms with Crippen LogP contribution in [-0.2, 0) is 11.8 Å². The predicted molar refractivity (Wildman–Crippen MR) is 143 cm³/mol. The van der Waals surface area contributed by atoms with E-state index >= 15 is 0 Å². The van der Waals surface area contributed by atoms with Crippen molar-refractivity contribution in [3.05, 3.63) is 42.2 Å². The monoisotopic (exact) mass is 521 g/mol. The Labute approximate surface area is 219 Å². The number of carbonyl (C=O) groups is 1. The quantitative estimate of drug-likeness (QED) is 0.301. The summed E-state index contributed by atoms with van der Waals surface area (Å²) in [7, 11) is 5.13. The number of aliphatic hydroxyl groups is 1. The molecule has 4 heterocycles. The number of benzene rings is 1. The van der Waals surface area contributed by atoms with Crippen LogP contribution in [0.5, 0.6) is 5.75 Å². The molecule has 12 heteroatoms. The molecule has 38 heavy (non-hydrogen) atoms. The van der Waals surface area contributed by atoms with Gasteiger partial charge >= 0.3 is 0 Å². The van der Waals surface area contributed by atoms with Crippen LogP contribution in [0.1, 0.15) is 23.2 Å². The van der Waals surface area contributed by atoms with Crippen LogP contribution in [0.3, 0.4) is 0 Å². The van der Waals surface area contributed by atoms with Crippen LogP contribution < -0.4 is 20.3 Å². The van der Waals surface area contributed by atoms with E-state index in [1.807, 2.05) is 25.4 Å². The van der Waals surface area contributed by atoms with Crippen LogP contribution >= 0.6 is 0 Å². The van der Waals surface area contributed by atoms with Crippen LogP contribution in [-0.4, -0.2) is 77.3 Å². The number of aryl methyl sites for hydroxylation is 1. The molecule has 1 amide bonds. The molecule has 1 fully saturated rings. The third-order valence-corrected chi connectivity index (χ3v) is 6.55. The Balaban J connectivity index is 1.51. The Kier molecular flexibility index (Phi) is 7.43. The number of hydrogen-bond donors (Lipinski definition) is 3. The van der Waals surface area contributed by atoms with Crippen molar-refractivity contribution in [2.75, 3.05) is 56.0 Å². The molecule has 0 aliphatic carbocycles. The maximum atomic E-state index is 13.8. The topological polar surface area (TPSA) is 140 Å². The number of para-hydroxylation sites is 1. The number of fused-ring (bicyclic) bond motifs is 1. The summed E-state index contributed by atoms with van der Waals surface area (Å²) in [5, 5.41) is 19.3. The van der Waals surface area contributed by atoms with Gasteiger partial charge in [0.25, 0.3) is 11.9 Å². The first kappa shape index (κ1) is 25.5. The highest BCUT2D eigenvalue weighted by molar-refractivity contribution is 6.10. The first-order chi connectivity index (χ1) is 18.5. The molecule has 0 saturated carbocycles. The number of aliphatic hydroxyl groups excluding tert-OH is 1. The van der Waals surface area contributed by atoms with Crippen LogP contribution in [0, 0.1) is 0 Å². The smallest absolute Gasteiger partial charge is 0.297 e. The number of nitrogens with zero attached hydrogens (tertiary/aromatic N) is 5. The number of piperidine rings is 1. The van der Waals surface area contributed by atoms with Crippen LogP contribution in [0.2, 0.25) is 0 Å². The molecule has 3 N–H and O–H groups in total. The number of hydrogen-bond acceptors (Lipinski definition) is 10. The van der Waals surface area contributed by atoms with E-state index in [1.54, 1.807) is 37.2 Å². The van der Waals surface area contributed by atoms with E-state index in [0.717, 1.165) is 24.0 Å². The molecule has 0 unspecified atom stereocenters. The van der Waals surface area contributed by atoms with Crippen molar-refractivity contribution < 1.29 is 23.8 Å². The van der Waals surface area contributed by atoms with Gasteiger partial charge in [-0.1, -0.05) is 12.1 Å². The molecule has 4 aromatic rings. The average molecular weight is 522 g/mol. The van der Waals surface area contributed by atoms with Crippen LogP contribution in [0.15, 0.2) is 41.1 Å². The number of ether oxygens (including phenoxy) is 2. The summed E-state index contributed by atoms with van der Waals surface area (Å²) in [6.45, 7) is 1.58. The molecule has 5 rings (SSSR count). The molecule has 0 bridgehead atoms. The normalized spacial score (nSPS) is 14.2. The average Bonchev–Trinajstić information content (AvgIpc) is 3.56. The molecular weight excluding hydrogens is 490 g/mol. The third-order valence-electron chi connectivity index (χ3n) is 6.55. The Bertz CT molecular complexity index is 1420. The summed E-state index contributed by atoms with van der Waals surface area (Å²) in [5.74, 6) is 0.695. The number of anilines is 3. The summed E-state index contributed by atoms with van der Waals surface area (Å²) in [6.07, 6.45) is 5.44. The third kappa shape index (κ3) is 5.13. The number of pyridine rings is 1. The molecule has 1 aliphatic rings. The van der Waals surface area contributed by atoms with Gasteiger partial charge in [0.2, 0.25) is 5.65 Å². The predicted octanol–water partition coefficient (Wildman–Crippen LogP) is 2.90. The molecule has 1 aliphatic heterocycles. The fourth-order valence-electron chi connectivity index (χ4n) is 4.64. The van der Waals surface area contributed by atoms with E-state index in [2.05, 4.69) is 25.6 Å². The minimum atomic E-state index is -0.355. The van der Waals surface area contributed by atoms with Gasteiger partial charge in [-0.2, -0.15) is 10.1 Å². The van der Waals surface area contributed by atoms with Crippen LogP contribution in [0.25, 0.3) is 22.4 Å². The second kappa shape index (κ2) is 11.1. The Morgan fingerprint density at radius 2 is 2.05 bits per heavy atom. The highest BCUT2D eigenvalue weighted by atomic mass is 16.5. The zero-order valence-corrected chi connectivity index (χ0v) is 21.6. The van der Waals surface area contributed by atoms with Crippen LogP contribution in [0.4, 0.5) is 17.5 Å². The van der Waals surface area contributed by atoms with Gasteiger partial charge in [-0.3, -0.25) is 9.48 Å². The molecule has 200 valence electrons. The Morgan fingerprint density at radius 1 is 1.24 bits per heavy atom. The van der Waals surface area contributed by atoms with Gasteiger partial charge in [-0.15, -0.1) is 0 Å². The van der Waals surface area contributed by atoms with Gasteiger partial charge in [0.05, 0.1) is 37.3 Å². The lowest BCUT2D eigenvalue weighted by Crippen LogP contribution is -2.38. The van der Waals surface area contributed by atoms with Crippen molar-refractivity contribution in [1.29, 1.82) is 0 Å². The van der Waals surface area contributed by atoms with Gasteiger partial charge in [0.1, 0.15) is 11.6 Å². The molecule has 0 radical (unpaired) electrons. The minimum absolute atomic E-state index is 0.0700. The van der Waals surface area contributed by atoms with Crippen molar-refractivity contribution in [3.8, 4) is 16.9 Å². The first-order valence-electron chi connectivity index (χ1n) is 12.4. The van der Waals surface area contributed by atoms with E-state index in [9.17, 15) is 4.79 Å². The molecule has 0 spiro atoms. The number of oxazole rings is 1. The molecule has 0 atom stereocenters. The maximum Gasteiger partial charge on any atom is 0.297 e. The van der Waals surface area contributed by atoms with Crippen molar-refractivity contribution >= 4 is 34.7 Å². The van der Waals surface area contributed by atoms with Crippen molar-refractivity contribution in [2.45, 2.75) is 18.9 Å². The van der Waals surface area contributed by atoms with Crippen molar-refractivity contribution in [3.63, 3.8) is 0 Å². The minimum Gasteiger partial charge on any atom is -0.494 e. The second-order valence-corrected chi connectivity index (χ2v) is 9.02. The lowest BCUT2D eigenvalue weighted by atomic mass is 10.1. The second-order valence-electron chi connectivity index (χ2n) is 9.02. The standard InChI is InChI=1S/C26H31N7O5/c1-32-15-16(14-28-32)18-5-4-6-20(22(18)37-3)29-25(35)19-13-21-23(31-26(38-21)27-9-12-34)30-24(19)33-10-7-17(36-2)8-11-33/h4-6,13-15,17,34H,7-12H2,1-3H3,(H,29,35)(H,27,30,31). The highest BCUT2D eigenvalue weighted by Gasteiger charge is 2.27. The SMILES string of the molecule is COc1c(NC(=O)c2cc3oc(NCCO)nc3nc2N2CCC(OC)CC2)cccc1-c1cnn(C)c1. The Morgan fingerprint density at radius 3 is 2.74 bits per heavy atom. The molecule has 3 aromatic heterocycles. The lowest BCUT2D eigenvalue weighted by Gasteiger charge is -2.32. The summed E-state index contributed by atoms with van der Waals surface area (Å²) < 4.78 is 18.7. The molecular formula is C26H31N7O5. The summed E-state index contributed by atoms with van der Waals surface area (Å²) in [4.78, 5) is 24.9. The number of nitrogens with one attached hydrogen (secondary N) is 2. The summed E-state index contributed by atoms with van der Waals surface area (Å²) in [6, 6.07) is 7.45. The van der Waals surface area contributed by atoms with Gasteiger partial charge in [0.15, 0.2) is 5.58 Å². The molecule has 1 aromatic carbocycles. The van der Waals surface area contributed by atoms with Gasteiger partial charge < -0.3 is 34.5 Å². The van der Waals surface area contributed by atoms with Gasteiger partial charge in [-0.25, -0.2) is 4.98 Å². The number of amides is 1. The number of methoxy groups -OCH3 is 2. The molecule has 12 nitrogen and oxygen atoms in total. The van der Waals surface area contributed by atoms with Crippen molar-refractivity contribution in [1.82, 2.24) is 19.7 Å². The van der Waals surface area contributed by atoms with E-state index in [-0.39, 0.29) is 31.2 Å². The van der Waals surface area contributed by atoms with Gasteiger partial charge in [-0.05, 0) is 18.9 Å². The Hall–Kier alpha value is -4.16. The largest absolute Gasteiger partial charge is 0.494 e. The number of carbonyl (C=O) groups excluding carboxylic acids is 1. The maximum absolute atomic E-state index is 13.8. The highest BCUT2D eigenvalue weighted by Crippen LogP contribution is 2.37. The zero-order valence-electron chi connectivity index (χ0n) is 21.6. The number of rotatable bonds is 9. The number of aromatic nitrogens is 4. The van der Waals surface area contributed by atoms with E-state index < -0.39 is 0 Å². The fourth-order valence-corrected chi connectivity index (χ4v) is 4.64. The zero-order chi connectivity index (χ0) is 26.6. The lowest BCUT2D eigenvalue weighted by molar-refractivity contribution is 0.0817. The van der Waals surface area contributed by atoms with E-state index in [0.29, 0.717) is 47.1 Å².